The van der Waals surface area contributed by atoms with Crippen molar-refractivity contribution in [1.82, 2.24) is 19.5 Å². The van der Waals surface area contributed by atoms with Gasteiger partial charge in [0.1, 0.15) is 12.1 Å². The maximum absolute atomic E-state index is 5.71. The van der Waals surface area contributed by atoms with Gasteiger partial charge in [0.15, 0.2) is 0 Å². The lowest BCUT2D eigenvalue weighted by molar-refractivity contribution is 0.956. The van der Waals surface area contributed by atoms with Gasteiger partial charge in [-0.2, -0.15) is 4.98 Å². The molecule has 2 heterocycles. The highest BCUT2D eigenvalue weighted by molar-refractivity contribution is 6.28. The molecule has 0 unspecified atom stereocenters. The molecule has 2 rings (SSSR count). The van der Waals surface area contributed by atoms with Crippen molar-refractivity contribution in [3.63, 3.8) is 0 Å². The zero-order chi connectivity index (χ0) is 9.26. The average Bonchev–Trinajstić information content (AvgIpc) is 2.53. The van der Waals surface area contributed by atoms with Gasteiger partial charge in [-0.05, 0) is 18.5 Å². The average molecular weight is 195 g/mol. The first-order valence-electron chi connectivity index (χ1n) is 3.75. The van der Waals surface area contributed by atoms with Crippen LogP contribution in [-0.2, 0) is 0 Å². The quantitative estimate of drug-likeness (QED) is 0.648. The fourth-order valence-electron chi connectivity index (χ4n) is 1.04. The summed E-state index contributed by atoms with van der Waals surface area (Å²) in [5.74, 6) is 0.731. The fraction of sp³-hybridized carbons (Fsp3) is 0.125. The van der Waals surface area contributed by atoms with Gasteiger partial charge in [0, 0.05) is 24.2 Å². The van der Waals surface area contributed by atoms with Crippen LogP contribution in [0.4, 0.5) is 0 Å². The summed E-state index contributed by atoms with van der Waals surface area (Å²) in [6.07, 6.45) is 5.15. The molecule has 0 amide bonds. The van der Waals surface area contributed by atoms with E-state index in [2.05, 4.69) is 15.0 Å². The Hall–Kier alpha value is -1.42. The molecule has 0 saturated carbocycles. The van der Waals surface area contributed by atoms with E-state index < -0.39 is 0 Å². The molecule has 0 spiro atoms. The van der Waals surface area contributed by atoms with E-state index in [0.717, 1.165) is 11.5 Å². The third kappa shape index (κ3) is 1.67. The molecule has 0 saturated heterocycles. The molecule has 2 aromatic heterocycles. The normalized spacial score (nSPS) is 10.3. The molecule has 4 nitrogen and oxygen atoms in total. The molecule has 0 aliphatic carbocycles. The molecule has 13 heavy (non-hydrogen) atoms. The molecule has 0 fully saturated rings. The zero-order valence-corrected chi connectivity index (χ0v) is 7.73. The molecule has 0 aromatic carbocycles. The van der Waals surface area contributed by atoms with Crippen molar-refractivity contribution in [1.29, 1.82) is 0 Å². The van der Waals surface area contributed by atoms with Gasteiger partial charge in [-0.3, -0.25) is 4.57 Å². The summed E-state index contributed by atoms with van der Waals surface area (Å²) in [5, 5.41) is 0.253. The predicted octanol–water partition coefficient (Wildman–Crippen LogP) is 1.62. The lowest BCUT2D eigenvalue weighted by atomic mass is 10.4. The van der Waals surface area contributed by atoms with E-state index in [1.54, 1.807) is 23.3 Å². The summed E-state index contributed by atoms with van der Waals surface area (Å²) < 4.78 is 1.78. The summed E-state index contributed by atoms with van der Waals surface area (Å²) >= 11 is 5.71. The van der Waals surface area contributed by atoms with E-state index in [9.17, 15) is 0 Å². The minimum Gasteiger partial charge on any atom is -0.290 e. The van der Waals surface area contributed by atoms with Crippen molar-refractivity contribution in [2.24, 2.45) is 0 Å². The Kier molecular flexibility index (Phi) is 1.98. The molecular formula is C8H7ClN4. The summed E-state index contributed by atoms with van der Waals surface area (Å²) in [5.41, 5.74) is 0.837. The van der Waals surface area contributed by atoms with Gasteiger partial charge in [0.25, 0.3) is 0 Å². The van der Waals surface area contributed by atoms with Gasteiger partial charge in [-0.1, -0.05) is 0 Å². The number of aryl methyl sites for hydroxylation is 1. The Morgan fingerprint density at radius 2 is 2.23 bits per heavy atom. The molecule has 0 aliphatic rings. The maximum atomic E-state index is 5.71. The minimum absolute atomic E-state index is 0.253. The van der Waals surface area contributed by atoms with E-state index in [1.807, 2.05) is 13.0 Å². The number of rotatable bonds is 1. The summed E-state index contributed by atoms with van der Waals surface area (Å²) in [6.45, 7) is 1.87. The van der Waals surface area contributed by atoms with E-state index in [4.69, 9.17) is 11.6 Å². The summed E-state index contributed by atoms with van der Waals surface area (Å²) in [6, 6.07) is 1.84. The molecule has 66 valence electrons. The Bertz CT molecular complexity index is 390. The molecule has 5 heteroatoms. The van der Waals surface area contributed by atoms with Crippen LogP contribution in [0.15, 0.2) is 24.8 Å². The molecule has 2 aromatic rings. The molecule has 0 N–H and O–H groups in total. The fourth-order valence-corrected chi connectivity index (χ4v) is 1.26. The Morgan fingerprint density at radius 1 is 1.38 bits per heavy atom. The first-order valence-corrected chi connectivity index (χ1v) is 4.13. The third-order valence-corrected chi connectivity index (χ3v) is 1.75. The van der Waals surface area contributed by atoms with Crippen LogP contribution in [0.5, 0.6) is 0 Å². The van der Waals surface area contributed by atoms with Crippen LogP contribution in [0.3, 0.4) is 0 Å². The van der Waals surface area contributed by atoms with E-state index in [0.29, 0.717) is 0 Å². The van der Waals surface area contributed by atoms with Crippen LogP contribution in [-0.4, -0.2) is 19.5 Å². The summed E-state index contributed by atoms with van der Waals surface area (Å²) in [7, 11) is 0. The number of halogens is 1. The SMILES string of the molecule is Cc1cc(-n2ccnc2)nc(Cl)n1. The standard InChI is InChI=1S/C8H7ClN4/c1-6-4-7(12-8(9)11-6)13-3-2-10-5-13/h2-5H,1H3. The van der Waals surface area contributed by atoms with Crippen LogP contribution in [0.2, 0.25) is 5.28 Å². The van der Waals surface area contributed by atoms with Crippen molar-refractivity contribution < 1.29 is 0 Å². The second-order valence-corrected chi connectivity index (χ2v) is 2.94. The van der Waals surface area contributed by atoms with Crippen molar-refractivity contribution in [3.8, 4) is 5.82 Å². The van der Waals surface area contributed by atoms with Crippen LogP contribution in [0.1, 0.15) is 5.69 Å². The van der Waals surface area contributed by atoms with Gasteiger partial charge in [-0.15, -0.1) is 0 Å². The minimum atomic E-state index is 0.253. The van der Waals surface area contributed by atoms with Gasteiger partial charge in [-0.25, -0.2) is 9.97 Å². The molecule has 0 atom stereocenters. The Morgan fingerprint density at radius 3 is 2.85 bits per heavy atom. The number of aromatic nitrogens is 4. The van der Waals surface area contributed by atoms with Crippen molar-refractivity contribution in [2.75, 3.05) is 0 Å². The van der Waals surface area contributed by atoms with Gasteiger partial charge in [0.2, 0.25) is 5.28 Å². The van der Waals surface area contributed by atoms with Crippen molar-refractivity contribution in [3.05, 3.63) is 35.8 Å². The van der Waals surface area contributed by atoms with Crippen LogP contribution < -0.4 is 0 Å². The van der Waals surface area contributed by atoms with Gasteiger partial charge in [0.05, 0.1) is 0 Å². The molecule has 0 bridgehead atoms. The van der Waals surface area contributed by atoms with Gasteiger partial charge >= 0.3 is 0 Å². The second-order valence-electron chi connectivity index (χ2n) is 2.61. The zero-order valence-electron chi connectivity index (χ0n) is 6.98. The highest BCUT2D eigenvalue weighted by atomic mass is 35.5. The summed E-state index contributed by atoms with van der Waals surface area (Å²) in [4.78, 5) is 11.9. The van der Waals surface area contributed by atoms with Crippen LogP contribution in [0.25, 0.3) is 5.82 Å². The lowest BCUT2D eigenvalue weighted by Crippen LogP contribution is -1.97. The van der Waals surface area contributed by atoms with Crippen molar-refractivity contribution >= 4 is 11.6 Å². The second kappa shape index (κ2) is 3.14. The van der Waals surface area contributed by atoms with E-state index in [-0.39, 0.29) is 5.28 Å². The van der Waals surface area contributed by atoms with Crippen LogP contribution >= 0.6 is 11.6 Å². The Labute approximate surface area is 80.2 Å². The first-order chi connectivity index (χ1) is 6.25. The largest absolute Gasteiger partial charge is 0.290 e. The monoisotopic (exact) mass is 194 g/mol. The third-order valence-electron chi connectivity index (χ3n) is 1.58. The molecular weight excluding hydrogens is 188 g/mol. The molecule has 0 aliphatic heterocycles. The van der Waals surface area contributed by atoms with Crippen molar-refractivity contribution in [2.45, 2.75) is 6.92 Å². The van der Waals surface area contributed by atoms with E-state index in [1.165, 1.54) is 0 Å². The highest BCUT2D eigenvalue weighted by Gasteiger charge is 2.00. The highest BCUT2D eigenvalue weighted by Crippen LogP contribution is 2.08. The molecule has 0 radical (unpaired) electrons. The first kappa shape index (κ1) is 8.19. The predicted molar refractivity (Wildman–Crippen MR) is 48.9 cm³/mol. The lowest BCUT2D eigenvalue weighted by Gasteiger charge is -2.01. The van der Waals surface area contributed by atoms with Gasteiger partial charge < -0.3 is 0 Å². The smallest absolute Gasteiger partial charge is 0.224 e. The maximum Gasteiger partial charge on any atom is 0.224 e. The topological polar surface area (TPSA) is 43.6 Å². The number of hydrogen-bond acceptors (Lipinski definition) is 3. The number of hydrogen-bond donors (Lipinski definition) is 0. The Balaban J connectivity index is 2.53. The number of imidazole rings is 1. The van der Waals surface area contributed by atoms with Crippen LogP contribution in [0, 0.1) is 6.92 Å². The van der Waals surface area contributed by atoms with E-state index >= 15 is 0 Å². The number of nitrogens with zero attached hydrogens (tertiary/aromatic N) is 4.